The number of nitrogens with zero attached hydrogens (tertiary/aromatic N) is 3. The standard InChI is InChI=1S/C20H24N4O.ClH.H2O/c1-13-17(15-7-9-16(25-3)10-8-15)18-19(21-13)20(23-14(2)22-18)24-11-5-4-6-12-24;;/h7-10,21H,4-6,11-12H2,1-3H3;1H;1H2. The van der Waals surface area contributed by atoms with Crippen LogP contribution in [0.2, 0.25) is 0 Å². The first kappa shape index (κ1) is 21.0. The van der Waals surface area contributed by atoms with Gasteiger partial charge in [-0.25, -0.2) is 9.97 Å². The van der Waals surface area contributed by atoms with E-state index in [4.69, 9.17) is 14.7 Å². The molecule has 1 aromatic carbocycles. The number of hydrogen-bond donors (Lipinski definition) is 1. The number of ether oxygens (including phenoxy) is 1. The average Bonchev–Trinajstić information content (AvgIpc) is 2.97. The predicted octanol–water partition coefficient (Wildman–Crippen LogP) is 3.84. The Morgan fingerprint density at radius 3 is 2.30 bits per heavy atom. The van der Waals surface area contributed by atoms with Crippen molar-refractivity contribution in [3.05, 3.63) is 35.8 Å². The molecule has 1 fully saturated rings. The molecule has 1 aliphatic heterocycles. The molecule has 0 unspecified atom stereocenters. The number of benzene rings is 1. The summed E-state index contributed by atoms with van der Waals surface area (Å²) < 4.78 is 5.28. The Morgan fingerprint density at radius 1 is 1.00 bits per heavy atom. The van der Waals surface area contributed by atoms with E-state index in [1.54, 1.807) is 7.11 Å². The van der Waals surface area contributed by atoms with Crippen molar-refractivity contribution in [1.82, 2.24) is 15.0 Å². The zero-order valence-electron chi connectivity index (χ0n) is 16.0. The van der Waals surface area contributed by atoms with Gasteiger partial charge in [-0.05, 0) is 50.8 Å². The van der Waals surface area contributed by atoms with Crippen LogP contribution in [0.25, 0.3) is 22.2 Å². The maximum Gasteiger partial charge on any atom is 0.156 e. The highest BCUT2D eigenvalue weighted by Crippen LogP contribution is 2.36. The first-order valence-corrected chi connectivity index (χ1v) is 8.93. The van der Waals surface area contributed by atoms with E-state index in [9.17, 15) is 0 Å². The summed E-state index contributed by atoms with van der Waals surface area (Å²) in [4.78, 5) is 15.5. The Labute approximate surface area is 165 Å². The van der Waals surface area contributed by atoms with Crippen LogP contribution in [-0.4, -0.2) is 40.6 Å². The monoisotopic (exact) mass is 390 g/mol. The van der Waals surface area contributed by atoms with Crippen LogP contribution in [0, 0.1) is 13.8 Å². The zero-order chi connectivity index (χ0) is 17.4. The Morgan fingerprint density at radius 2 is 1.67 bits per heavy atom. The lowest BCUT2D eigenvalue weighted by atomic mass is 10.0. The molecule has 1 aliphatic rings. The van der Waals surface area contributed by atoms with Crippen molar-refractivity contribution in [2.24, 2.45) is 0 Å². The highest BCUT2D eigenvalue weighted by atomic mass is 35.5. The molecule has 2 aromatic heterocycles. The number of halogens is 1. The highest BCUT2D eigenvalue weighted by Gasteiger charge is 2.21. The largest absolute Gasteiger partial charge is 0.497 e. The molecule has 1 saturated heterocycles. The van der Waals surface area contributed by atoms with Gasteiger partial charge in [-0.1, -0.05) is 12.1 Å². The number of anilines is 1. The number of aromatic nitrogens is 3. The van der Waals surface area contributed by atoms with Crippen LogP contribution in [-0.2, 0) is 0 Å². The molecule has 3 N–H and O–H groups in total. The van der Waals surface area contributed by atoms with Gasteiger partial charge < -0.3 is 20.1 Å². The molecule has 146 valence electrons. The topological polar surface area (TPSA) is 85.5 Å². The van der Waals surface area contributed by atoms with E-state index in [2.05, 4.69) is 28.9 Å². The summed E-state index contributed by atoms with van der Waals surface area (Å²) in [5, 5.41) is 0. The number of nitrogens with one attached hydrogen (secondary N) is 1. The van der Waals surface area contributed by atoms with Gasteiger partial charge in [-0.15, -0.1) is 12.4 Å². The molecule has 0 spiro atoms. The van der Waals surface area contributed by atoms with E-state index < -0.39 is 0 Å². The van der Waals surface area contributed by atoms with E-state index in [1.165, 1.54) is 19.3 Å². The quantitative estimate of drug-likeness (QED) is 0.736. The number of piperidine rings is 1. The van der Waals surface area contributed by atoms with E-state index in [0.29, 0.717) is 0 Å². The van der Waals surface area contributed by atoms with E-state index in [-0.39, 0.29) is 17.9 Å². The van der Waals surface area contributed by atoms with Crippen molar-refractivity contribution in [2.45, 2.75) is 33.1 Å². The van der Waals surface area contributed by atoms with Crippen molar-refractivity contribution in [2.75, 3.05) is 25.1 Å². The van der Waals surface area contributed by atoms with Gasteiger partial charge in [0.15, 0.2) is 5.82 Å². The first-order valence-electron chi connectivity index (χ1n) is 8.93. The van der Waals surface area contributed by atoms with Crippen LogP contribution in [0.3, 0.4) is 0 Å². The molecule has 0 aliphatic carbocycles. The van der Waals surface area contributed by atoms with Crippen molar-refractivity contribution < 1.29 is 10.2 Å². The molecule has 6 nitrogen and oxygen atoms in total. The number of aryl methyl sites for hydroxylation is 2. The lowest BCUT2D eigenvalue weighted by Crippen LogP contribution is -2.30. The average molecular weight is 391 g/mol. The van der Waals surface area contributed by atoms with E-state index in [1.807, 2.05) is 19.1 Å². The molecule has 0 amide bonds. The van der Waals surface area contributed by atoms with Crippen molar-refractivity contribution in [1.29, 1.82) is 0 Å². The van der Waals surface area contributed by atoms with E-state index in [0.717, 1.165) is 58.3 Å². The molecule has 4 rings (SSSR count). The van der Waals surface area contributed by atoms with Crippen LogP contribution in [0.5, 0.6) is 5.75 Å². The Kier molecular flexibility index (Phi) is 6.68. The van der Waals surface area contributed by atoms with Gasteiger partial charge >= 0.3 is 0 Å². The molecule has 0 bridgehead atoms. The lowest BCUT2D eigenvalue weighted by Gasteiger charge is -2.28. The van der Waals surface area contributed by atoms with Gasteiger partial charge in [-0.2, -0.15) is 0 Å². The van der Waals surface area contributed by atoms with Crippen LogP contribution >= 0.6 is 12.4 Å². The fourth-order valence-electron chi connectivity index (χ4n) is 3.73. The summed E-state index contributed by atoms with van der Waals surface area (Å²) in [6.07, 6.45) is 3.77. The summed E-state index contributed by atoms with van der Waals surface area (Å²) in [6.45, 7) is 6.23. The summed E-state index contributed by atoms with van der Waals surface area (Å²) in [6, 6.07) is 8.17. The maximum absolute atomic E-state index is 5.28. The third kappa shape index (κ3) is 3.87. The van der Waals surface area contributed by atoms with Crippen molar-refractivity contribution >= 4 is 29.3 Å². The second-order valence-corrected chi connectivity index (χ2v) is 6.72. The predicted molar refractivity (Wildman–Crippen MR) is 112 cm³/mol. The minimum absolute atomic E-state index is 0. The minimum Gasteiger partial charge on any atom is -0.497 e. The van der Waals surface area contributed by atoms with Crippen molar-refractivity contribution in [3.63, 3.8) is 0 Å². The summed E-state index contributed by atoms with van der Waals surface area (Å²) in [5.74, 6) is 2.73. The minimum atomic E-state index is 0. The lowest BCUT2D eigenvalue weighted by molar-refractivity contribution is 0.415. The maximum atomic E-state index is 5.28. The van der Waals surface area contributed by atoms with Gasteiger partial charge in [0, 0.05) is 24.3 Å². The van der Waals surface area contributed by atoms with Gasteiger partial charge in [0.2, 0.25) is 0 Å². The fraction of sp³-hybridized carbons (Fsp3) is 0.400. The third-order valence-electron chi connectivity index (χ3n) is 4.96. The molecule has 0 saturated carbocycles. The van der Waals surface area contributed by atoms with Gasteiger partial charge in [-0.3, -0.25) is 0 Å². The zero-order valence-corrected chi connectivity index (χ0v) is 16.8. The first-order chi connectivity index (χ1) is 12.2. The Hall–Kier alpha value is -2.31. The fourth-order valence-corrected chi connectivity index (χ4v) is 3.73. The highest BCUT2D eigenvalue weighted by molar-refractivity contribution is 5.99. The normalized spacial score (nSPS) is 13.8. The molecular formula is C20H27ClN4O2. The number of H-pyrrole nitrogens is 1. The summed E-state index contributed by atoms with van der Waals surface area (Å²) in [5.41, 5.74) is 5.48. The molecule has 3 heterocycles. The van der Waals surface area contributed by atoms with Gasteiger partial charge in [0.05, 0.1) is 7.11 Å². The van der Waals surface area contributed by atoms with Gasteiger partial charge in [0.1, 0.15) is 22.6 Å². The van der Waals surface area contributed by atoms with E-state index >= 15 is 0 Å². The second-order valence-electron chi connectivity index (χ2n) is 6.72. The molecule has 7 heteroatoms. The Balaban J connectivity index is 0.00000131. The molecule has 27 heavy (non-hydrogen) atoms. The number of fused-ring (bicyclic) bond motifs is 1. The second kappa shape index (κ2) is 8.59. The smallest absolute Gasteiger partial charge is 0.156 e. The number of methoxy groups -OCH3 is 1. The molecular weight excluding hydrogens is 364 g/mol. The van der Waals surface area contributed by atoms with Crippen LogP contribution < -0.4 is 9.64 Å². The molecule has 0 atom stereocenters. The van der Waals surface area contributed by atoms with Crippen molar-refractivity contribution in [3.8, 4) is 16.9 Å². The van der Waals surface area contributed by atoms with Crippen LogP contribution in [0.1, 0.15) is 30.8 Å². The van der Waals surface area contributed by atoms with Crippen LogP contribution in [0.4, 0.5) is 5.82 Å². The summed E-state index contributed by atoms with van der Waals surface area (Å²) >= 11 is 0. The number of hydrogen-bond acceptors (Lipinski definition) is 4. The van der Waals surface area contributed by atoms with Crippen LogP contribution in [0.15, 0.2) is 24.3 Å². The molecule has 3 aromatic rings. The molecule has 0 radical (unpaired) electrons. The van der Waals surface area contributed by atoms with Gasteiger partial charge in [0.25, 0.3) is 0 Å². The SMILES string of the molecule is COc1ccc(-c2c(C)[nH]c3c(N4CCCCC4)nc(C)nc23)cc1.Cl.O. The third-order valence-corrected chi connectivity index (χ3v) is 4.96. The number of rotatable bonds is 3. The number of aromatic amines is 1. The Bertz CT molecular complexity index is 902. The summed E-state index contributed by atoms with van der Waals surface area (Å²) in [7, 11) is 1.69.